The highest BCUT2D eigenvalue weighted by Crippen LogP contribution is 2.26. The van der Waals surface area contributed by atoms with Crippen molar-refractivity contribution in [2.75, 3.05) is 5.32 Å². The van der Waals surface area contributed by atoms with Gasteiger partial charge in [0.25, 0.3) is 11.6 Å². The molecule has 2 aromatic rings. The summed E-state index contributed by atoms with van der Waals surface area (Å²) in [5, 5.41) is 13.3. The number of benzene rings is 2. The number of carbonyl (C=O) groups excluding carboxylic acids is 1. The Morgan fingerprint density at radius 3 is 2.50 bits per heavy atom. The van der Waals surface area contributed by atoms with Crippen LogP contribution in [-0.2, 0) is 0 Å². The van der Waals surface area contributed by atoms with Gasteiger partial charge in [0.05, 0.1) is 4.92 Å². The van der Waals surface area contributed by atoms with Crippen LogP contribution in [0.2, 0.25) is 0 Å². The largest absolute Gasteiger partial charge is 0.573 e. The maximum atomic E-state index is 12.2. The predicted octanol–water partition coefficient (Wildman–Crippen LogP) is 4.05. The summed E-state index contributed by atoms with van der Waals surface area (Å²) in [5.74, 6) is -1.17. The van der Waals surface area contributed by atoms with Crippen LogP contribution in [0.15, 0.2) is 42.5 Å². The van der Waals surface area contributed by atoms with Gasteiger partial charge in [-0.1, -0.05) is 12.1 Å². The molecule has 1 N–H and O–H groups in total. The molecule has 9 heteroatoms. The molecule has 2 aromatic carbocycles. The summed E-state index contributed by atoms with van der Waals surface area (Å²) in [7, 11) is 0. The van der Waals surface area contributed by atoms with Gasteiger partial charge in [-0.3, -0.25) is 14.9 Å². The minimum absolute atomic E-state index is 0.0475. The first-order chi connectivity index (χ1) is 11.2. The molecule has 0 spiro atoms. The summed E-state index contributed by atoms with van der Waals surface area (Å²) < 4.78 is 40.4. The van der Waals surface area contributed by atoms with Crippen LogP contribution in [0.1, 0.15) is 15.9 Å². The van der Waals surface area contributed by atoms with E-state index >= 15 is 0 Å². The van der Waals surface area contributed by atoms with Crippen molar-refractivity contribution in [1.29, 1.82) is 0 Å². The van der Waals surface area contributed by atoms with Gasteiger partial charge in [0, 0.05) is 28.9 Å². The molecular weight excluding hydrogens is 329 g/mol. The van der Waals surface area contributed by atoms with Crippen molar-refractivity contribution in [3.8, 4) is 5.75 Å². The Morgan fingerprint density at radius 2 is 1.88 bits per heavy atom. The molecule has 0 aliphatic rings. The number of nitro groups is 1. The third-order valence-electron chi connectivity index (χ3n) is 3.07. The number of alkyl halides is 3. The van der Waals surface area contributed by atoms with Crippen LogP contribution < -0.4 is 10.1 Å². The first-order valence-electron chi connectivity index (χ1n) is 6.58. The van der Waals surface area contributed by atoms with Gasteiger partial charge in [0.2, 0.25) is 0 Å². The summed E-state index contributed by atoms with van der Waals surface area (Å²) >= 11 is 0. The van der Waals surface area contributed by atoms with Crippen LogP contribution in [0.25, 0.3) is 0 Å². The first-order valence-corrected chi connectivity index (χ1v) is 6.58. The van der Waals surface area contributed by atoms with Gasteiger partial charge in [-0.05, 0) is 25.1 Å². The van der Waals surface area contributed by atoms with Crippen LogP contribution >= 0.6 is 0 Å². The number of anilines is 1. The summed E-state index contributed by atoms with van der Waals surface area (Å²) in [6.45, 7) is 1.41. The smallest absolute Gasteiger partial charge is 0.406 e. The zero-order valence-corrected chi connectivity index (χ0v) is 12.3. The molecule has 2 rings (SSSR count). The molecule has 0 radical (unpaired) electrons. The van der Waals surface area contributed by atoms with Crippen molar-refractivity contribution in [3.05, 3.63) is 63.7 Å². The molecule has 0 fully saturated rings. The Hall–Kier alpha value is -3.10. The quantitative estimate of drug-likeness (QED) is 0.672. The summed E-state index contributed by atoms with van der Waals surface area (Å²) in [5.41, 5.74) is 0.0403. The summed E-state index contributed by atoms with van der Waals surface area (Å²) in [4.78, 5) is 22.5. The molecule has 0 unspecified atom stereocenters. The molecule has 0 atom stereocenters. The predicted molar refractivity (Wildman–Crippen MR) is 78.9 cm³/mol. The van der Waals surface area contributed by atoms with Crippen LogP contribution in [0.4, 0.5) is 24.5 Å². The van der Waals surface area contributed by atoms with E-state index in [4.69, 9.17) is 0 Å². The number of nitro benzene ring substituents is 1. The van der Waals surface area contributed by atoms with E-state index in [-0.39, 0.29) is 22.5 Å². The van der Waals surface area contributed by atoms with Gasteiger partial charge in [-0.2, -0.15) is 0 Å². The van der Waals surface area contributed by atoms with E-state index in [1.807, 2.05) is 0 Å². The second kappa shape index (κ2) is 6.57. The number of nitrogens with zero attached hydrogens (tertiary/aromatic N) is 1. The van der Waals surface area contributed by atoms with E-state index in [9.17, 15) is 28.1 Å². The van der Waals surface area contributed by atoms with Crippen LogP contribution in [0.3, 0.4) is 0 Å². The number of amides is 1. The normalized spacial score (nSPS) is 11.0. The molecule has 0 aliphatic carbocycles. The molecule has 0 saturated heterocycles. The molecule has 1 amide bonds. The van der Waals surface area contributed by atoms with Crippen molar-refractivity contribution in [2.45, 2.75) is 13.3 Å². The van der Waals surface area contributed by atoms with Gasteiger partial charge in [-0.15, -0.1) is 13.2 Å². The molecule has 126 valence electrons. The van der Waals surface area contributed by atoms with Crippen molar-refractivity contribution >= 4 is 17.3 Å². The van der Waals surface area contributed by atoms with Gasteiger partial charge in [-0.25, -0.2) is 0 Å². The summed E-state index contributed by atoms with van der Waals surface area (Å²) in [6, 6.07) is 8.71. The van der Waals surface area contributed by atoms with Crippen molar-refractivity contribution in [1.82, 2.24) is 0 Å². The Labute approximate surface area is 134 Å². The van der Waals surface area contributed by atoms with E-state index in [1.54, 1.807) is 0 Å². The van der Waals surface area contributed by atoms with E-state index in [1.165, 1.54) is 37.3 Å². The molecule has 24 heavy (non-hydrogen) atoms. The Kier molecular flexibility index (Phi) is 4.72. The second-order valence-electron chi connectivity index (χ2n) is 4.74. The minimum atomic E-state index is -4.85. The molecule has 0 saturated carbocycles. The highest BCUT2D eigenvalue weighted by molar-refractivity contribution is 6.05. The molecule has 0 bridgehead atoms. The highest BCUT2D eigenvalue weighted by atomic mass is 19.4. The third-order valence-corrected chi connectivity index (χ3v) is 3.07. The first kappa shape index (κ1) is 17.3. The lowest BCUT2D eigenvalue weighted by atomic mass is 10.1. The number of hydrogen-bond donors (Lipinski definition) is 1. The fraction of sp³-hybridized carbons (Fsp3) is 0.133. The number of halogens is 3. The van der Waals surface area contributed by atoms with E-state index in [0.29, 0.717) is 0 Å². The Balaban J connectivity index is 2.23. The van der Waals surface area contributed by atoms with Gasteiger partial charge in [0.1, 0.15) is 5.75 Å². The van der Waals surface area contributed by atoms with Crippen molar-refractivity contribution in [2.24, 2.45) is 0 Å². The van der Waals surface area contributed by atoms with Gasteiger partial charge in [0.15, 0.2) is 0 Å². The third kappa shape index (κ3) is 4.22. The molecular formula is C15H11F3N2O4. The van der Waals surface area contributed by atoms with Crippen LogP contribution in [0, 0.1) is 17.0 Å². The molecule has 0 aromatic heterocycles. The number of carbonyl (C=O) groups is 1. The minimum Gasteiger partial charge on any atom is -0.406 e. The average molecular weight is 340 g/mol. The maximum Gasteiger partial charge on any atom is 0.573 e. The number of hydrogen-bond acceptors (Lipinski definition) is 4. The average Bonchev–Trinajstić information content (AvgIpc) is 2.45. The maximum absolute atomic E-state index is 12.2. The SMILES string of the molecule is Cc1c(C(=O)Nc2cccc(OC(F)(F)F)c2)cccc1[N+](=O)[O-]. The number of ether oxygens (including phenoxy) is 1. The van der Waals surface area contributed by atoms with Crippen molar-refractivity contribution in [3.63, 3.8) is 0 Å². The molecule has 0 heterocycles. The van der Waals surface area contributed by atoms with E-state index in [0.717, 1.165) is 12.1 Å². The summed E-state index contributed by atoms with van der Waals surface area (Å²) in [6.07, 6.45) is -4.85. The molecule has 6 nitrogen and oxygen atoms in total. The second-order valence-corrected chi connectivity index (χ2v) is 4.74. The van der Waals surface area contributed by atoms with Crippen LogP contribution in [-0.4, -0.2) is 17.2 Å². The monoisotopic (exact) mass is 340 g/mol. The molecule has 0 aliphatic heterocycles. The fourth-order valence-corrected chi connectivity index (χ4v) is 2.04. The number of rotatable bonds is 4. The van der Waals surface area contributed by atoms with E-state index in [2.05, 4.69) is 10.1 Å². The zero-order valence-electron chi connectivity index (χ0n) is 12.3. The lowest BCUT2D eigenvalue weighted by molar-refractivity contribution is -0.385. The number of nitrogens with one attached hydrogen (secondary N) is 1. The van der Waals surface area contributed by atoms with Crippen molar-refractivity contribution < 1.29 is 27.6 Å². The van der Waals surface area contributed by atoms with Gasteiger partial charge >= 0.3 is 6.36 Å². The topological polar surface area (TPSA) is 81.5 Å². The lowest BCUT2D eigenvalue weighted by Crippen LogP contribution is -2.17. The standard InChI is InChI=1S/C15H11F3N2O4/c1-9-12(6-3-7-13(9)20(22)23)14(21)19-10-4-2-5-11(8-10)24-15(16,17)18/h2-8H,1H3,(H,19,21). The Morgan fingerprint density at radius 1 is 1.21 bits per heavy atom. The van der Waals surface area contributed by atoms with E-state index < -0.39 is 22.9 Å². The van der Waals surface area contributed by atoms with Gasteiger partial charge < -0.3 is 10.1 Å². The lowest BCUT2D eigenvalue weighted by Gasteiger charge is -2.11. The highest BCUT2D eigenvalue weighted by Gasteiger charge is 2.31. The van der Waals surface area contributed by atoms with Crippen LogP contribution in [0.5, 0.6) is 5.75 Å². The Bertz CT molecular complexity index is 791. The fourth-order valence-electron chi connectivity index (χ4n) is 2.04. The zero-order chi connectivity index (χ0) is 17.9.